The second kappa shape index (κ2) is 5.43. The first-order chi connectivity index (χ1) is 12.6. The van der Waals surface area contributed by atoms with E-state index in [1.54, 1.807) is 32.4 Å². The van der Waals surface area contributed by atoms with Crippen molar-refractivity contribution in [1.82, 2.24) is 5.01 Å². The fourth-order valence-electron chi connectivity index (χ4n) is 5.10. The molecule has 0 N–H and O–H groups in total. The molecule has 0 aromatic heterocycles. The fourth-order valence-corrected chi connectivity index (χ4v) is 5.10. The molecule has 1 saturated heterocycles. The number of carbonyl (C=O) groups is 2. The van der Waals surface area contributed by atoms with Crippen LogP contribution in [0.25, 0.3) is 0 Å². The Labute approximate surface area is 151 Å². The minimum Gasteiger partial charge on any atom is -0.497 e. The lowest BCUT2D eigenvalue weighted by Crippen LogP contribution is -2.40. The van der Waals surface area contributed by atoms with E-state index in [-0.39, 0.29) is 35.5 Å². The van der Waals surface area contributed by atoms with Crippen molar-refractivity contribution in [2.24, 2.45) is 40.6 Å². The van der Waals surface area contributed by atoms with Gasteiger partial charge in [-0.25, -0.2) is 0 Å². The van der Waals surface area contributed by atoms with Crippen LogP contribution in [0.2, 0.25) is 0 Å². The summed E-state index contributed by atoms with van der Waals surface area (Å²) in [4.78, 5) is 25.8. The van der Waals surface area contributed by atoms with Gasteiger partial charge in [-0.2, -0.15) is 10.1 Å². The van der Waals surface area contributed by atoms with E-state index < -0.39 is 0 Å². The Kier molecular flexibility index (Phi) is 3.26. The van der Waals surface area contributed by atoms with Crippen molar-refractivity contribution in [3.05, 3.63) is 35.9 Å². The third kappa shape index (κ3) is 2.01. The SMILES string of the molecule is COc1ccc(/C=N/N2C(=O)C3C4C=CC(C5CC45)C3C2=O)c(OC)c1. The Hall–Kier alpha value is -2.63. The molecule has 1 aromatic carbocycles. The minimum atomic E-state index is -0.226. The number of benzene rings is 1. The number of carbonyl (C=O) groups excluding carboxylic acids is 2. The molecular weight excluding hydrogens is 332 g/mol. The number of hydrogen-bond donors (Lipinski definition) is 0. The second-order valence-electron chi connectivity index (χ2n) is 7.50. The second-order valence-corrected chi connectivity index (χ2v) is 7.50. The summed E-state index contributed by atoms with van der Waals surface area (Å²) < 4.78 is 10.5. The Bertz CT molecular complexity index is 825. The topological polar surface area (TPSA) is 68.2 Å². The Morgan fingerprint density at radius 3 is 2.27 bits per heavy atom. The summed E-state index contributed by atoms with van der Waals surface area (Å²) in [6.45, 7) is 0. The van der Waals surface area contributed by atoms with Crippen molar-refractivity contribution >= 4 is 18.0 Å². The van der Waals surface area contributed by atoms with Crippen LogP contribution in [0.3, 0.4) is 0 Å². The molecule has 2 saturated carbocycles. The highest BCUT2D eigenvalue weighted by Gasteiger charge is 2.67. The zero-order chi connectivity index (χ0) is 18.0. The van der Waals surface area contributed by atoms with E-state index in [4.69, 9.17) is 9.47 Å². The summed E-state index contributed by atoms with van der Waals surface area (Å²) in [5.41, 5.74) is 0.688. The van der Waals surface area contributed by atoms with E-state index in [1.165, 1.54) is 6.21 Å². The molecule has 1 aromatic rings. The molecule has 6 rings (SSSR count). The van der Waals surface area contributed by atoms with Crippen LogP contribution in [-0.4, -0.2) is 37.3 Å². The van der Waals surface area contributed by atoms with Gasteiger partial charge in [0.25, 0.3) is 11.8 Å². The van der Waals surface area contributed by atoms with E-state index >= 15 is 0 Å². The summed E-state index contributed by atoms with van der Waals surface area (Å²) >= 11 is 0. The summed E-state index contributed by atoms with van der Waals surface area (Å²) in [5.74, 6) is 2.08. The number of hydrogen-bond acceptors (Lipinski definition) is 5. The van der Waals surface area contributed by atoms with Gasteiger partial charge in [-0.3, -0.25) is 9.59 Å². The first kappa shape index (κ1) is 15.6. The maximum Gasteiger partial charge on any atom is 0.254 e. The van der Waals surface area contributed by atoms with E-state index in [1.807, 2.05) is 0 Å². The number of allylic oxidation sites excluding steroid dienone is 2. The van der Waals surface area contributed by atoms with Crippen molar-refractivity contribution in [2.75, 3.05) is 14.2 Å². The van der Waals surface area contributed by atoms with E-state index in [9.17, 15) is 9.59 Å². The zero-order valence-corrected chi connectivity index (χ0v) is 14.7. The van der Waals surface area contributed by atoms with E-state index in [0.29, 0.717) is 28.9 Å². The monoisotopic (exact) mass is 352 g/mol. The van der Waals surface area contributed by atoms with Gasteiger partial charge < -0.3 is 9.47 Å². The molecule has 2 amide bonds. The molecule has 5 aliphatic rings. The van der Waals surface area contributed by atoms with Crippen molar-refractivity contribution in [3.8, 4) is 11.5 Å². The number of nitrogens with zero attached hydrogens (tertiary/aromatic N) is 2. The molecule has 26 heavy (non-hydrogen) atoms. The fraction of sp³-hybridized carbons (Fsp3) is 0.450. The van der Waals surface area contributed by atoms with Crippen LogP contribution in [0.15, 0.2) is 35.5 Å². The summed E-state index contributed by atoms with van der Waals surface area (Å²) in [5, 5.41) is 5.32. The third-order valence-corrected chi connectivity index (χ3v) is 6.39. The quantitative estimate of drug-likeness (QED) is 0.473. The summed E-state index contributed by atoms with van der Waals surface area (Å²) in [6.07, 6.45) is 6.99. The van der Waals surface area contributed by atoms with Crippen LogP contribution in [-0.2, 0) is 9.59 Å². The molecule has 3 fully saturated rings. The van der Waals surface area contributed by atoms with Crippen LogP contribution in [0.5, 0.6) is 11.5 Å². The van der Waals surface area contributed by atoms with Crippen molar-refractivity contribution in [1.29, 1.82) is 0 Å². The predicted octanol–water partition coefficient (Wildman–Crippen LogP) is 2.09. The standard InChI is InChI=1S/C20H20N2O4/c1-25-11-4-3-10(16(7-11)26-2)9-21-22-19(23)17-12-5-6-13(15-8-14(12)15)18(17)20(22)24/h3-7,9,12-15,17-18H,8H2,1-2H3/b21-9+. The van der Waals surface area contributed by atoms with Gasteiger partial charge in [-0.15, -0.1) is 0 Å². The largest absolute Gasteiger partial charge is 0.497 e. The number of hydrazone groups is 1. The number of rotatable bonds is 4. The van der Waals surface area contributed by atoms with Crippen LogP contribution in [0.1, 0.15) is 12.0 Å². The van der Waals surface area contributed by atoms with Crippen molar-refractivity contribution in [2.45, 2.75) is 6.42 Å². The molecule has 6 heteroatoms. The number of imide groups is 1. The third-order valence-electron chi connectivity index (χ3n) is 6.39. The first-order valence-corrected chi connectivity index (χ1v) is 8.96. The predicted molar refractivity (Wildman–Crippen MR) is 93.7 cm³/mol. The first-order valence-electron chi connectivity index (χ1n) is 8.96. The van der Waals surface area contributed by atoms with E-state index in [2.05, 4.69) is 17.3 Å². The van der Waals surface area contributed by atoms with Gasteiger partial charge in [0, 0.05) is 11.6 Å². The smallest absolute Gasteiger partial charge is 0.254 e. The zero-order valence-electron chi connectivity index (χ0n) is 14.7. The lowest BCUT2D eigenvalue weighted by molar-refractivity contribution is -0.140. The van der Waals surface area contributed by atoms with E-state index in [0.717, 1.165) is 11.4 Å². The van der Waals surface area contributed by atoms with Crippen LogP contribution in [0, 0.1) is 35.5 Å². The average molecular weight is 352 g/mol. The molecule has 1 aliphatic heterocycles. The molecule has 6 nitrogen and oxygen atoms in total. The minimum absolute atomic E-state index is 0.159. The molecule has 1 heterocycles. The van der Waals surface area contributed by atoms with Gasteiger partial charge in [0.2, 0.25) is 0 Å². The van der Waals surface area contributed by atoms with Gasteiger partial charge >= 0.3 is 0 Å². The van der Waals surface area contributed by atoms with Gasteiger partial charge in [0.1, 0.15) is 11.5 Å². The van der Waals surface area contributed by atoms with Crippen LogP contribution < -0.4 is 9.47 Å². The highest BCUT2D eigenvalue weighted by atomic mass is 16.5. The maximum atomic E-state index is 12.9. The lowest BCUT2D eigenvalue weighted by atomic mass is 9.63. The normalized spacial score (nSPS) is 36.5. The Balaban J connectivity index is 1.43. The summed E-state index contributed by atoms with van der Waals surface area (Å²) in [7, 11) is 3.14. The lowest BCUT2D eigenvalue weighted by Gasteiger charge is -2.37. The maximum absolute atomic E-state index is 12.9. The highest BCUT2D eigenvalue weighted by Crippen LogP contribution is 2.65. The highest BCUT2D eigenvalue weighted by molar-refractivity contribution is 6.06. The molecule has 0 spiro atoms. The van der Waals surface area contributed by atoms with Gasteiger partial charge in [-0.05, 0) is 42.2 Å². The van der Waals surface area contributed by atoms with Gasteiger partial charge in [-0.1, -0.05) is 12.2 Å². The molecule has 6 atom stereocenters. The summed E-state index contributed by atoms with van der Waals surface area (Å²) in [6, 6.07) is 5.32. The molecular formula is C20H20N2O4. The van der Waals surface area contributed by atoms with Crippen molar-refractivity contribution < 1.29 is 19.1 Å². The number of methoxy groups -OCH3 is 2. The molecule has 6 unspecified atom stereocenters. The number of amides is 2. The number of ether oxygens (including phenoxy) is 2. The molecule has 4 aliphatic carbocycles. The van der Waals surface area contributed by atoms with Crippen LogP contribution in [0.4, 0.5) is 0 Å². The van der Waals surface area contributed by atoms with Gasteiger partial charge in [0.15, 0.2) is 0 Å². The Morgan fingerprint density at radius 2 is 1.69 bits per heavy atom. The molecule has 134 valence electrons. The van der Waals surface area contributed by atoms with Gasteiger partial charge in [0.05, 0.1) is 32.3 Å². The average Bonchev–Trinajstić information content (AvgIpc) is 3.45. The van der Waals surface area contributed by atoms with Crippen molar-refractivity contribution in [3.63, 3.8) is 0 Å². The van der Waals surface area contributed by atoms with Crippen LogP contribution >= 0.6 is 0 Å². The molecule has 0 radical (unpaired) electrons. The Morgan fingerprint density at radius 1 is 1.04 bits per heavy atom. The molecule has 2 bridgehead atoms.